The quantitative estimate of drug-likeness (QED) is 0.0344. The molecule has 380 valence electrons. The Balaban J connectivity index is 4.28. The number of carbonyl (C=O) groups excluding carboxylic acids is 3. The summed E-state index contributed by atoms with van der Waals surface area (Å²) in [5.74, 6) is -0.0183. The molecule has 0 aromatic heterocycles. The smallest absolute Gasteiger partial charge is 0.306 e. The molecule has 0 rings (SSSR count). The van der Waals surface area contributed by atoms with E-state index < -0.39 is 6.10 Å². The molecule has 0 N–H and O–H groups in total. The van der Waals surface area contributed by atoms with Crippen LogP contribution in [0.1, 0.15) is 329 Å². The van der Waals surface area contributed by atoms with Crippen LogP contribution in [-0.4, -0.2) is 37.2 Å². The maximum absolute atomic E-state index is 12.9. The number of ether oxygens (including phenoxy) is 3. The molecule has 0 spiro atoms. The van der Waals surface area contributed by atoms with Gasteiger partial charge in [-0.3, -0.25) is 14.4 Å². The van der Waals surface area contributed by atoms with Gasteiger partial charge in [0, 0.05) is 19.3 Å². The van der Waals surface area contributed by atoms with Crippen molar-refractivity contribution in [2.45, 2.75) is 336 Å². The first-order valence-corrected chi connectivity index (χ1v) is 28.9. The summed E-state index contributed by atoms with van der Waals surface area (Å²) in [6, 6.07) is 0. The van der Waals surface area contributed by atoms with Crippen molar-refractivity contribution in [2.75, 3.05) is 13.2 Å². The summed E-state index contributed by atoms with van der Waals surface area (Å²) in [6.07, 6.45) is 56.7. The number of hydrogen-bond donors (Lipinski definition) is 0. The second kappa shape index (κ2) is 52.4. The average Bonchev–Trinajstić information content (AvgIpc) is 3.28. The van der Waals surface area contributed by atoms with Gasteiger partial charge in [-0.05, 0) is 25.2 Å². The number of esters is 3. The normalized spacial score (nSPS) is 12.0. The van der Waals surface area contributed by atoms with E-state index in [0.29, 0.717) is 19.3 Å². The Morgan fingerprint density at radius 1 is 0.297 bits per heavy atom. The van der Waals surface area contributed by atoms with Gasteiger partial charge in [-0.1, -0.05) is 291 Å². The highest BCUT2D eigenvalue weighted by molar-refractivity contribution is 5.71. The van der Waals surface area contributed by atoms with E-state index in [0.717, 1.165) is 63.7 Å². The molecule has 0 aromatic carbocycles. The molecule has 0 fully saturated rings. The van der Waals surface area contributed by atoms with Crippen LogP contribution >= 0.6 is 0 Å². The van der Waals surface area contributed by atoms with E-state index in [1.54, 1.807) is 0 Å². The van der Waals surface area contributed by atoms with Crippen molar-refractivity contribution in [1.29, 1.82) is 0 Å². The van der Waals surface area contributed by atoms with Gasteiger partial charge in [-0.25, -0.2) is 0 Å². The van der Waals surface area contributed by atoms with E-state index in [9.17, 15) is 14.4 Å². The average molecular weight is 906 g/mol. The molecule has 0 aliphatic heterocycles. The Hall–Kier alpha value is -1.59. The Labute approximate surface area is 399 Å². The molecule has 0 radical (unpaired) electrons. The molecule has 6 nitrogen and oxygen atoms in total. The Kier molecular flexibility index (Phi) is 51.1. The first-order chi connectivity index (χ1) is 31.4. The SMILES string of the molecule is CCCCCCCCCCCCCCCCCCCCCC(=O)O[C@@H](COC(=O)CCCCCCCCCCCCCCCC)COC(=O)CCCCCCCCCCCCC(C)C. The van der Waals surface area contributed by atoms with Crippen LogP contribution in [0.4, 0.5) is 0 Å². The summed E-state index contributed by atoms with van der Waals surface area (Å²) in [5, 5.41) is 0. The third-order valence-corrected chi connectivity index (χ3v) is 13.3. The Bertz CT molecular complexity index is 964. The Morgan fingerprint density at radius 3 is 0.766 bits per heavy atom. The predicted octanol–water partition coefficient (Wildman–Crippen LogP) is 19.0. The van der Waals surface area contributed by atoms with Crippen molar-refractivity contribution in [3.05, 3.63) is 0 Å². The molecular formula is C58H112O6. The van der Waals surface area contributed by atoms with Gasteiger partial charge < -0.3 is 14.2 Å². The summed E-state index contributed by atoms with van der Waals surface area (Å²) in [6.45, 7) is 9.04. The summed E-state index contributed by atoms with van der Waals surface area (Å²) >= 11 is 0. The van der Waals surface area contributed by atoms with Crippen molar-refractivity contribution >= 4 is 17.9 Å². The van der Waals surface area contributed by atoms with Gasteiger partial charge in [0.2, 0.25) is 0 Å². The van der Waals surface area contributed by atoms with Gasteiger partial charge in [-0.15, -0.1) is 0 Å². The molecule has 0 aliphatic carbocycles. The molecule has 6 heteroatoms. The maximum Gasteiger partial charge on any atom is 0.306 e. The molecule has 0 unspecified atom stereocenters. The third-order valence-electron chi connectivity index (χ3n) is 13.3. The van der Waals surface area contributed by atoms with Crippen molar-refractivity contribution in [3.8, 4) is 0 Å². The lowest BCUT2D eigenvalue weighted by Gasteiger charge is -2.18. The van der Waals surface area contributed by atoms with Crippen LogP contribution in [0.2, 0.25) is 0 Å². The van der Waals surface area contributed by atoms with Gasteiger partial charge in [-0.2, -0.15) is 0 Å². The lowest BCUT2D eigenvalue weighted by Crippen LogP contribution is -2.30. The zero-order valence-electron chi connectivity index (χ0n) is 43.8. The van der Waals surface area contributed by atoms with Crippen molar-refractivity contribution in [3.63, 3.8) is 0 Å². The van der Waals surface area contributed by atoms with Gasteiger partial charge in [0.05, 0.1) is 0 Å². The topological polar surface area (TPSA) is 78.9 Å². The lowest BCUT2D eigenvalue weighted by atomic mass is 10.0. The summed E-state index contributed by atoms with van der Waals surface area (Å²) in [4.78, 5) is 38.1. The molecular weight excluding hydrogens is 793 g/mol. The molecule has 0 saturated heterocycles. The first-order valence-electron chi connectivity index (χ1n) is 28.9. The lowest BCUT2D eigenvalue weighted by molar-refractivity contribution is -0.167. The van der Waals surface area contributed by atoms with Crippen molar-refractivity contribution < 1.29 is 28.6 Å². The minimum absolute atomic E-state index is 0.0621. The van der Waals surface area contributed by atoms with Gasteiger partial charge in [0.15, 0.2) is 6.10 Å². The van der Waals surface area contributed by atoms with Crippen molar-refractivity contribution in [1.82, 2.24) is 0 Å². The van der Waals surface area contributed by atoms with E-state index >= 15 is 0 Å². The second-order valence-electron chi connectivity index (χ2n) is 20.4. The largest absolute Gasteiger partial charge is 0.462 e. The predicted molar refractivity (Wildman–Crippen MR) is 275 cm³/mol. The highest BCUT2D eigenvalue weighted by atomic mass is 16.6. The first kappa shape index (κ1) is 62.4. The molecule has 0 aromatic rings. The third kappa shape index (κ3) is 51.4. The van der Waals surface area contributed by atoms with Crippen LogP contribution in [0.15, 0.2) is 0 Å². The van der Waals surface area contributed by atoms with Crippen LogP contribution in [-0.2, 0) is 28.6 Å². The van der Waals surface area contributed by atoms with E-state index in [2.05, 4.69) is 27.7 Å². The van der Waals surface area contributed by atoms with E-state index in [4.69, 9.17) is 14.2 Å². The zero-order chi connectivity index (χ0) is 46.7. The van der Waals surface area contributed by atoms with Crippen molar-refractivity contribution in [2.24, 2.45) is 5.92 Å². The molecule has 0 heterocycles. The molecule has 0 bridgehead atoms. The van der Waals surface area contributed by atoms with Crippen LogP contribution in [0.25, 0.3) is 0 Å². The fraction of sp³-hybridized carbons (Fsp3) is 0.948. The van der Waals surface area contributed by atoms with E-state index in [1.165, 1.54) is 225 Å². The Morgan fingerprint density at radius 2 is 0.516 bits per heavy atom. The molecule has 64 heavy (non-hydrogen) atoms. The summed E-state index contributed by atoms with van der Waals surface area (Å²) in [5.41, 5.74) is 0. The van der Waals surface area contributed by atoms with Gasteiger partial charge in [0.25, 0.3) is 0 Å². The number of carbonyl (C=O) groups is 3. The number of rotatable bonds is 53. The molecule has 0 amide bonds. The van der Waals surface area contributed by atoms with Crippen LogP contribution in [0.5, 0.6) is 0 Å². The van der Waals surface area contributed by atoms with Gasteiger partial charge >= 0.3 is 17.9 Å². The number of hydrogen-bond acceptors (Lipinski definition) is 6. The molecule has 0 aliphatic rings. The summed E-state index contributed by atoms with van der Waals surface area (Å²) in [7, 11) is 0. The molecule has 1 atom stereocenters. The standard InChI is InChI=1S/C58H112O6/c1-5-7-9-11-13-15-17-19-21-22-23-24-25-27-29-35-39-43-47-51-58(61)64-55(53-63-57(60)50-46-42-38-34-31-30-32-36-40-44-48-54(3)4)52-62-56(59)49-45-41-37-33-28-26-20-18-16-14-12-10-8-6-2/h54-55H,5-53H2,1-4H3/t55-/m0/s1. The highest BCUT2D eigenvalue weighted by Crippen LogP contribution is 2.18. The second-order valence-corrected chi connectivity index (χ2v) is 20.4. The highest BCUT2D eigenvalue weighted by Gasteiger charge is 2.19. The fourth-order valence-electron chi connectivity index (χ4n) is 8.92. The van der Waals surface area contributed by atoms with E-state index in [-0.39, 0.29) is 31.1 Å². The number of unbranched alkanes of at least 4 members (excludes halogenated alkanes) is 40. The zero-order valence-corrected chi connectivity index (χ0v) is 43.8. The van der Waals surface area contributed by atoms with Crippen LogP contribution in [0.3, 0.4) is 0 Å². The minimum atomic E-state index is -0.762. The monoisotopic (exact) mass is 905 g/mol. The molecule has 0 saturated carbocycles. The summed E-state index contributed by atoms with van der Waals surface area (Å²) < 4.78 is 16.9. The fourth-order valence-corrected chi connectivity index (χ4v) is 8.92. The van der Waals surface area contributed by atoms with Gasteiger partial charge in [0.1, 0.15) is 13.2 Å². The van der Waals surface area contributed by atoms with E-state index in [1.807, 2.05) is 0 Å². The minimum Gasteiger partial charge on any atom is -0.462 e. The van der Waals surface area contributed by atoms with Crippen LogP contribution < -0.4 is 0 Å². The van der Waals surface area contributed by atoms with Crippen LogP contribution in [0, 0.1) is 5.92 Å². The maximum atomic E-state index is 12.9.